The van der Waals surface area contributed by atoms with Gasteiger partial charge in [0.15, 0.2) is 17.6 Å². The number of hydrogen-bond acceptors (Lipinski definition) is 6. The standard InChI is InChI=1S/C35H35N3O5/c1-42-23-8-4-19(5-9-23)17-36-33(40)22-6-10-26-24(14-22)25-16-35(41)28-15-21-7-11-27(39)31-29(21)34(35,32(43-31)30(25)37-26)12-13-38(28)18-20-2-3-20/h4-11,14,20,28,32,37,39,41H,2-3,12-13,15-18H2,1H3,(H,36,40)/t28-,32-,34-,35+/m0/s1. The maximum Gasteiger partial charge on any atom is 0.251 e. The lowest BCUT2D eigenvalue weighted by atomic mass is 9.49. The number of carbonyl (C=O) groups is 1. The van der Waals surface area contributed by atoms with Crippen molar-refractivity contribution in [3.63, 3.8) is 0 Å². The van der Waals surface area contributed by atoms with Crippen LogP contribution in [0.4, 0.5) is 0 Å². The van der Waals surface area contributed by atoms with E-state index in [1.54, 1.807) is 13.2 Å². The van der Waals surface area contributed by atoms with E-state index in [2.05, 4.69) is 15.2 Å². The van der Waals surface area contributed by atoms with Gasteiger partial charge in [0.1, 0.15) is 5.75 Å². The molecule has 8 heteroatoms. The van der Waals surface area contributed by atoms with Crippen LogP contribution in [0, 0.1) is 5.92 Å². The zero-order valence-corrected chi connectivity index (χ0v) is 24.2. The number of benzene rings is 3. The number of fused-ring (bicyclic) bond motifs is 4. The molecule has 8 nitrogen and oxygen atoms in total. The lowest BCUT2D eigenvalue weighted by Crippen LogP contribution is -2.74. The summed E-state index contributed by atoms with van der Waals surface area (Å²) >= 11 is 0. The van der Waals surface area contributed by atoms with Crippen molar-refractivity contribution in [3.05, 3.63) is 88.1 Å². The first-order valence-corrected chi connectivity index (χ1v) is 15.4. The summed E-state index contributed by atoms with van der Waals surface area (Å²) in [4.78, 5) is 19.5. The smallest absolute Gasteiger partial charge is 0.251 e. The van der Waals surface area contributed by atoms with Crippen LogP contribution < -0.4 is 14.8 Å². The maximum atomic E-state index is 13.3. The number of aliphatic hydroxyl groups is 1. The fourth-order valence-corrected chi connectivity index (χ4v) is 8.79. The molecule has 1 saturated carbocycles. The first-order chi connectivity index (χ1) is 20.9. The Morgan fingerprint density at radius 1 is 1.16 bits per heavy atom. The second-order valence-corrected chi connectivity index (χ2v) is 13.2. The number of nitrogens with one attached hydrogen (secondary N) is 2. The van der Waals surface area contributed by atoms with E-state index in [9.17, 15) is 15.0 Å². The molecule has 2 bridgehead atoms. The summed E-state index contributed by atoms with van der Waals surface area (Å²) in [6.45, 7) is 2.34. The second-order valence-electron chi connectivity index (χ2n) is 13.2. The van der Waals surface area contributed by atoms with Crippen LogP contribution in [0.3, 0.4) is 0 Å². The van der Waals surface area contributed by atoms with Crippen LogP contribution in [0.25, 0.3) is 10.9 Å². The van der Waals surface area contributed by atoms with E-state index < -0.39 is 17.1 Å². The van der Waals surface area contributed by atoms with Crippen LogP contribution in [-0.4, -0.2) is 57.8 Å². The topological polar surface area (TPSA) is 107 Å². The lowest BCUT2D eigenvalue weighted by molar-refractivity contribution is -0.173. The van der Waals surface area contributed by atoms with E-state index in [4.69, 9.17) is 9.47 Å². The number of ether oxygens (including phenoxy) is 2. The summed E-state index contributed by atoms with van der Waals surface area (Å²) in [7, 11) is 1.63. The predicted octanol–water partition coefficient (Wildman–Crippen LogP) is 4.51. The molecular weight excluding hydrogens is 542 g/mol. The van der Waals surface area contributed by atoms with Crippen molar-refractivity contribution >= 4 is 16.8 Å². The summed E-state index contributed by atoms with van der Waals surface area (Å²) in [5, 5.41) is 28.0. The van der Waals surface area contributed by atoms with Gasteiger partial charge in [-0.2, -0.15) is 0 Å². The van der Waals surface area contributed by atoms with Gasteiger partial charge in [-0.3, -0.25) is 9.69 Å². The van der Waals surface area contributed by atoms with E-state index >= 15 is 0 Å². The highest BCUT2D eigenvalue weighted by atomic mass is 16.5. The van der Waals surface area contributed by atoms with Crippen LogP contribution in [0.1, 0.15) is 63.7 Å². The van der Waals surface area contributed by atoms with E-state index in [1.165, 1.54) is 18.4 Å². The van der Waals surface area contributed by atoms with Gasteiger partial charge in [0.2, 0.25) is 0 Å². The highest BCUT2D eigenvalue weighted by Gasteiger charge is 2.72. The quantitative estimate of drug-likeness (QED) is 0.269. The summed E-state index contributed by atoms with van der Waals surface area (Å²) in [5.74, 6) is 2.01. The SMILES string of the molecule is COc1ccc(CNC(=O)c2ccc3[nH]c4c(c3c2)C[C@@]2(O)[C@@H]3Cc5ccc(O)c6c5[C@@]2(CCN3CC2CC2)[C@H]4O6)cc1. The number of hydrogen-bond donors (Lipinski definition) is 4. The molecule has 9 rings (SSSR count). The fourth-order valence-electron chi connectivity index (χ4n) is 8.79. The summed E-state index contributed by atoms with van der Waals surface area (Å²) in [5.41, 5.74) is 4.93. The summed E-state index contributed by atoms with van der Waals surface area (Å²) < 4.78 is 11.9. The van der Waals surface area contributed by atoms with Crippen LogP contribution in [-0.2, 0) is 24.8 Å². The van der Waals surface area contributed by atoms with Gasteiger partial charge in [0.25, 0.3) is 5.91 Å². The third-order valence-electron chi connectivity index (χ3n) is 11.0. The minimum absolute atomic E-state index is 0.0370. The van der Waals surface area contributed by atoms with Gasteiger partial charge in [-0.1, -0.05) is 18.2 Å². The molecule has 0 radical (unpaired) electrons. The number of carbonyl (C=O) groups excluding carboxylic acids is 1. The van der Waals surface area contributed by atoms with Gasteiger partial charge < -0.3 is 30.0 Å². The summed E-state index contributed by atoms with van der Waals surface area (Å²) in [6.07, 6.45) is 4.08. The summed E-state index contributed by atoms with van der Waals surface area (Å²) in [6, 6.07) is 17.1. The lowest BCUT2D eigenvalue weighted by Gasteiger charge is -2.62. The number of nitrogens with zero attached hydrogens (tertiary/aromatic N) is 1. The third kappa shape index (κ3) is 3.42. The molecule has 1 spiro atoms. The van der Waals surface area contributed by atoms with E-state index in [0.717, 1.165) is 70.9 Å². The average Bonchev–Trinajstić information content (AvgIpc) is 3.66. The van der Waals surface area contributed by atoms with Crippen molar-refractivity contribution in [1.29, 1.82) is 0 Å². The van der Waals surface area contributed by atoms with Gasteiger partial charge in [-0.05, 0) is 91.2 Å². The van der Waals surface area contributed by atoms with Crippen molar-refractivity contribution < 1.29 is 24.5 Å². The highest BCUT2D eigenvalue weighted by Crippen LogP contribution is 2.69. The van der Waals surface area contributed by atoms with Crippen LogP contribution >= 0.6 is 0 Å². The van der Waals surface area contributed by atoms with Crippen LogP contribution in [0.15, 0.2) is 54.6 Å². The third-order valence-corrected chi connectivity index (χ3v) is 11.0. The number of aromatic hydroxyl groups is 1. The molecule has 5 aliphatic rings. The van der Waals surface area contributed by atoms with Crippen molar-refractivity contribution in [3.8, 4) is 17.2 Å². The molecule has 1 aromatic heterocycles. The van der Waals surface area contributed by atoms with Crippen molar-refractivity contribution in [2.75, 3.05) is 20.2 Å². The minimum Gasteiger partial charge on any atom is -0.504 e. The number of phenols is 1. The molecule has 2 fully saturated rings. The monoisotopic (exact) mass is 577 g/mol. The molecule has 3 aromatic carbocycles. The number of aromatic amines is 1. The second kappa shape index (κ2) is 8.77. The average molecular weight is 578 g/mol. The largest absolute Gasteiger partial charge is 0.504 e. The molecule has 3 heterocycles. The number of amides is 1. The molecule has 4 N–H and O–H groups in total. The molecular formula is C35H35N3O5. The van der Waals surface area contributed by atoms with Gasteiger partial charge in [-0.25, -0.2) is 0 Å². The number of piperidine rings is 1. The number of methoxy groups -OCH3 is 1. The van der Waals surface area contributed by atoms with E-state index in [-0.39, 0.29) is 17.7 Å². The number of aromatic nitrogens is 1. The normalized spacial score (nSPS) is 28.2. The van der Waals surface area contributed by atoms with E-state index in [0.29, 0.717) is 24.3 Å². The molecule has 1 amide bonds. The van der Waals surface area contributed by atoms with Gasteiger partial charge in [0, 0.05) is 47.6 Å². The Bertz CT molecular complexity index is 1810. The number of phenolic OH excluding ortho intramolecular Hbond substituents is 1. The highest BCUT2D eigenvalue weighted by molar-refractivity contribution is 5.99. The number of H-pyrrole nitrogens is 1. The molecule has 220 valence electrons. The Hall–Kier alpha value is -4.01. The Labute approximate surface area is 249 Å². The molecule has 4 aromatic rings. The zero-order valence-electron chi connectivity index (χ0n) is 24.2. The minimum atomic E-state index is -1.06. The van der Waals surface area contributed by atoms with Crippen molar-refractivity contribution in [2.24, 2.45) is 5.92 Å². The Morgan fingerprint density at radius 2 is 2.00 bits per heavy atom. The Morgan fingerprint density at radius 3 is 2.79 bits per heavy atom. The number of rotatable bonds is 6. The maximum absolute atomic E-state index is 13.3. The Balaban J connectivity index is 1.12. The van der Waals surface area contributed by atoms with Crippen molar-refractivity contribution in [1.82, 2.24) is 15.2 Å². The van der Waals surface area contributed by atoms with Gasteiger partial charge in [0.05, 0.1) is 23.8 Å². The van der Waals surface area contributed by atoms with E-state index in [1.807, 2.05) is 48.5 Å². The van der Waals surface area contributed by atoms with Crippen LogP contribution in [0.5, 0.6) is 17.2 Å². The van der Waals surface area contributed by atoms with Crippen LogP contribution in [0.2, 0.25) is 0 Å². The van der Waals surface area contributed by atoms with Crippen molar-refractivity contribution in [2.45, 2.75) is 61.8 Å². The predicted molar refractivity (Wildman–Crippen MR) is 161 cm³/mol. The number of likely N-dealkylation sites (tertiary alicyclic amines) is 1. The first-order valence-electron chi connectivity index (χ1n) is 15.4. The molecule has 4 atom stereocenters. The Kier molecular flexibility index (Phi) is 5.20. The molecule has 3 aliphatic carbocycles. The first kappa shape index (κ1) is 25.5. The molecule has 0 unspecified atom stereocenters. The fraction of sp³-hybridized carbons (Fsp3) is 0.400. The molecule has 1 saturated heterocycles. The molecule has 2 aliphatic heterocycles. The zero-order chi connectivity index (χ0) is 29.1. The van der Waals surface area contributed by atoms with Gasteiger partial charge >= 0.3 is 0 Å². The van der Waals surface area contributed by atoms with Gasteiger partial charge in [-0.15, -0.1) is 0 Å². The molecule has 43 heavy (non-hydrogen) atoms.